The summed E-state index contributed by atoms with van der Waals surface area (Å²) >= 11 is 0. The summed E-state index contributed by atoms with van der Waals surface area (Å²) in [6.45, 7) is 5.63. The molecular weight excluding hydrogens is 526 g/mol. The molecule has 5 rings (SSSR count). The van der Waals surface area contributed by atoms with Crippen LogP contribution in [0.4, 0.5) is 5.69 Å². The normalized spacial score (nSPS) is 19.5. The highest BCUT2D eigenvalue weighted by molar-refractivity contribution is 5.97. The summed E-state index contributed by atoms with van der Waals surface area (Å²) in [5.41, 5.74) is 2.19. The highest BCUT2D eigenvalue weighted by Crippen LogP contribution is 2.39. The summed E-state index contributed by atoms with van der Waals surface area (Å²) in [5.74, 6) is 0.0159. The van der Waals surface area contributed by atoms with E-state index in [1.54, 1.807) is 4.90 Å². The molecule has 0 atom stereocenters. The molecule has 3 aliphatic heterocycles. The Morgan fingerprint density at radius 1 is 0.929 bits per heavy atom. The molecule has 3 aliphatic rings. The van der Waals surface area contributed by atoms with E-state index in [-0.39, 0.29) is 30.3 Å². The third-order valence-corrected chi connectivity index (χ3v) is 9.69. The van der Waals surface area contributed by atoms with Crippen LogP contribution in [0.15, 0.2) is 54.6 Å². The van der Waals surface area contributed by atoms with Gasteiger partial charge in [-0.3, -0.25) is 14.4 Å². The Morgan fingerprint density at radius 2 is 1.60 bits per heavy atom. The number of hydrogen-bond donors (Lipinski definition) is 0. The predicted molar refractivity (Wildman–Crippen MR) is 166 cm³/mol. The summed E-state index contributed by atoms with van der Waals surface area (Å²) in [6, 6.07) is 18.3. The molecule has 0 aliphatic carbocycles. The van der Waals surface area contributed by atoms with Gasteiger partial charge in [0.05, 0.1) is 6.67 Å². The molecule has 0 aromatic heterocycles. The minimum atomic E-state index is -0.756. The number of piperidine rings is 2. The number of anilines is 1. The second-order valence-corrected chi connectivity index (χ2v) is 12.4. The molecule has 0 radical (unpaired) electrons. The molecule has 42 heavy (non-hydrogen) atoms. The molecule has 0 N–H and O–H groups in total. The molecule has 0 saturated carbocycles. The largest absolute Gasteiger partial charge is 0.341 e. The zero-order valence-electron chi connectivity index (χ0n) is 25.6. The number of likely N-dealkylation sites (tertiary alicyclic amines) is 2. The number of unbranched alkanes of at least 4 members (excludes halogenated alkanes) is 2. The first-order valence-corrected chi connectivity index (χ1v) is 15.8. The maximum atomic E-state index is 14.1. The van der Waals surface area contributed by atoms with E-state index in [1.807, 2.05) is 59.3 Å². The van der Waals surface area contributed by atoms with E-state index >= 15 is 0 Å². The van der Waals surface area contributed by atoms with Crippen molar-refractivity contribution in [3.05, 3.63) is 65.7 Å². The van der Waals surface area contributed by atoms with E-state index in [2.05, 4.69) is 35.9 Å². The Morgan fingerprint density at radius 3 is 2.24 bits per heavy atom. The van der Waals surface area contributed by atoms with Crippen LogP contribution < -0.4 is 4.90 Å². The van der Waals surface area contributed by atoms with Crippen molar-refractivity contribution in [2.24, 2.45) is 0 Å². The van der Waals surface area contributed by atoms with Gasteiger partial charge in [-0.05, 0) is 88.5 Å². The maximum absolute atomic E-state index is 14.1. The Balaban J connectivity index is 1.26. The maximum Gasteiger partial charge on any atom is 0.253 e. The van der Waals surface area contributed by atoms with Crippen LogP contribution in [0.2, 0.25) is 0 Å². The van der Waals surface area contributed by atoms with Gasteiger partial charge in [0.25, 0.3) is 11.8 Å². The van der Waals surface area contributed by atoms with Crippen LogP contribution in [0.25, 0.3) is 0 Å². The molecule has 0 unspecified atom stereocenters. The van der Waals surface area contributed by atoms with Crippen LogP contribution in [0.3, 0.4) is 0 Å². The smallest absolute Gasteiger partial charge is 0.253 e. The van der Waals surface area contributed by atoms with Crippen LogP contribution >= 0.6 is 0 Å². The predicted octanol–water partition coefficient (Wildman–Crippen LogP) is 4.25. The number of carbonyl (C=O) groups excluding carboxylic acids is 3. The van der Waals surface area contributed by atoms with Crippen molar-refractivity contribution in [2.45, 2.75) is 69.9 Å². The van der Waals surface area contributed by atoms with Gasteiger partial charge in [-0.25, -0.2) is 0 Å². The number of rotatable bonds is 9. The summed E-state index contributed by atoms with van der Waals surface area (Å²) in [4.78, 5) is 50.9. The number of hydrogen-bond acceptors (Lipinski definition) is 5. The first kappa shape index (κ1) is 30.1. The quantitative estimate of drug-likeness (QED) is 0.420. The zero-order valence-corrected chi connectivity index (χ0v) is 25.6. The average molecular weight is 574 g/mol. The third kappa shape index (κ3) is 6.33. The number of amides is 3. The minimum absolute atomic E-state index is 0.0000108. The number of nitrogens with zero attached hydrogens (tertiary/aromatic N) is 5. The standard InChI is InChI=1S/C34H47N5O3/c1-4-5-7-10-27-13-15-28(16-14-27)32(41)37-23-19-34(20-24-37)33(42)38(26-39(34)30-11-8-6-9-12-30)25-31(40)36(3)29-17-21-35(2)22-18-29/h6,8-9,11-16,29H,4-5,7,10,17-26H2,1-3H3. The average Bonchev–Trinajstić information content (AvgIpc) is 3.28. The van der Waals surface area contributed by atoms with Crippen molar-refractivity contribution >= 4 is 23.4 Å². The Kier molecular flexibility index (Phi) is 9.51. The van der Waals surface area contributed by atoms with Gasteiger partial charge in [-0.2, -0.15) is 0 Å². The molecule has 2 aromatic rings. The summed E-state index contributed by atoms with van der Waals surface area (Å²) in [6.07, 6.45) is 7.61. The Hall–Kier alpha value is -3.39. The fourth-order valence-corrected chi connectivity index (χ4v) is 6.84. The molecule has 8 nitrogen and oxygen atoms in total. The van der Waals surface area contributed by atoms with Crippen LogP contribution in [-0.4, -0.2) is 102 Å². The molecule has 0 bridgehead atoms. The lowest BCUT2D eigenvalue weighted by Crippen LogP contribution is -2.57. The monoisotopic (exact) mass is 573 g/mol. The zero-order chi connectivity index (χ0) is 29.7. The Bertz CT molecular complexity index is 1220. The van der Waals surface area contributed by atoms with E-state index in [0.29, 0.717) is 38.2 Å². The van der Waals surface area contributed by atoms with Crippen LogP contribution in [-0.2, 0) is 16.0 Å². The Labute approximate surface area is 251 Å². The number of para-hydroxylation sites is 1. The molecule has 1 spiro atoms. The first-order valence-electron chi connectivity index (χ1n) is 15.8. The fraction of sp³-hybridized carbons (Fsp3) is 0.559. The van der Waals surface area contributed by atoms with Gasteiger partial charge in [0.15, 0.2) is 0 Å². The van der Waals surface area contributed by atoms with E-state index in [1.165, 1.54) is 24.8 Å². The van der Waals surface area contributed by atoms with Crippen molar-refractivity contribution < 1.29 is 14.4 Å². The van der Waals surface area contributed by atoms with Gasteiger partial charge in [-0.15, -0.1) is 0 Å². The number of likely N-dealkylation sites (N-methyl/N-ethyl adjacent to an activating group) is 1. The summed E-state index contributed by atoms with van der Waals surface area (Å²) in [5, 5.41) is 0. The van der Waals surface area contributed by atoms with E-state index in [0.717, 1.165) is 38.0 Å². The topological polar surface area (TPSA) is 67.4 Å². The number of benzene rings is 2. The van der Waals surface area contributed by atoms with Gasteiger partial charge in [0.2, 0.25) is 5.91 Å². The van der Waals surface area contributed by atoms with Crippen molar-refractivity contribution in [1.29, 1.82) is 0 Å². The highest BCUT2D eigenvalue weighted by atomic mass is 16.2. The van der Waals surface area contributed by atoms with Gasteiger partial charge in [0, 0.05) is 37.4 Å². The molecular formula is C34H47N5O3. The molecule has 226 valence electrons. The number of aryl methyl sites for hydroxylation is 1. The van der Waals surface area contributed by atoms with Crippen molar-refractivity contribution in [3.8, 4) is 0 Å². The molecule has 2 aromatic carbocycles. The molecule has 3 amide bonds. The van der Waals surface area contributed by atoms with E-state index in [9.17, 15) is 14.4 Å². The van der Waals surface area contributed by atoms with Crippen LogP contribution in [0.1, 0.15) is 67.8 Å². The van der Waals surface area contributed by atoms with E-state index < -0.39 is 5.54 Å². The first-order chi connectivity index (χ1) is 20.3. The summed E-state index contributed by atoms with van der Waals surface area (Å²) in [7, 11) is 3.99. The molecule has 3 saturated heterocycles. The molecule has 3 heterocycles. The second kappa shape index (κ2) is 13.3. The van der Waals surface area contributed by atoms with Crippen LogP contribution in [0.5, 0.6) is 0 Å². The second-order valence-electron chi connectivity index (χ2n) is 12.4. The van der Waals surface area contributed by atoms with Gasteiger partial charge >= 0.3 is 0 Å². The minimum Gasteiger partial charge on any atom is -0.341 e. The molecule has 3 fully saturated rings. The highest BCUT2D eigenvalue weighted by Gasteiger charge is 2.54. The number of carbonyl (C=O) groups is 3. The lowest BCUT2D eigenvalue weighted by molar-refractivity contribution is -0.141. The van der Waals surface area contributed by atoms with Crippen molar-refractivity contribution in [2.75, 3.05) is 58.4 Å². The lowest BCUT2D eigenvalue weighted by Gasteiger charge is -2.43. The van der Waals surface area contributed by atoms with Crippen LogP contribution in [0, 0.1) is 0 Å². The van der Waals surface area contributed by atoms with Gasteiger partial charge in [0.1, 0.15) is 12.1 Å². The van der Waals surface area contributed by atoms with Crippen molar-refractivity contribution in [1.82, 2.24) is 19.6 Å². The fourth-order valence-electron chi connectivity index (χ4n) is 6.84. The molecule has 8 heteroatoms. The lowest BCUT2D eigenvalue weighted by atomic mass is 9.85. The van der Waals surface area contributed by atoms with Gasteiger partial charge < -0.3 is 24.5 Å². The van der Waals surface area contributed by atoms with Gasteiger partial charge in [-0.1, -0.05) is 50.1 Å². The van der Waals surface area contributed by atoms with E-state index in [4.69, 9.17) is 0 Å². The summed E-state index contributed by atoms with van der Waals surface area (Å²) < 4.78 is 0. The SMILES string of the molecule is CCCCCc1ccc(C(=O)N2CCC3(CC2)C(=O)N(CC(=O)N(C)C2CCN(C)CC2)CN3c2ccccc2)cc1. The van der Waals surface area contributed by atoms with Crippen molar-refractivity contribution in [3.63, 3.8) is 0 Å². The third-order valence-electron chi connectivity index (χ3n) is 9.69.